The zero-order valence-corrected chi connectivity index (χ0v) is 21.3. The number of nitrogens with one attached hydrogen (secondary N) is 1. The normalized spacial score (nSPS) is 12.9. The molecular formula is C29H31ClN2O4. The minimum atomic E-state index is -0.685. The Morgan fingerprint density at radius 1 is 0.944 bits per heavy atom. The predicted molar refractivity (Wildman–Crippen MR) is 140 cm³/mol. The lowest BCUT2D eigenvalue weighted by Gasteiger charge is -2.32. The molecule has 0 aliphatic carbocycles. The quantitative estimate of drug-likeness (QED) is 0.412. The van der Waals surface area contributed by atoms with Crippen LogP contribution >= 0.6 is 11.6 Å². The molecule has 1 heterocycles. The number of halogens is 1. The van der Waals surface area contributed by atoms with Crippen LogP contribution in [0, 0.1) is 0 Å². The molecular weight excluding hydrogens is 476 g/mol. The summed E-state index contributed by atoms with van der Waals surface area (Å²) in [6.07, 6.45) is 1.16. The van der Waals surface area contributed by atoms with Crippen molar-refractivity contribution in [2.45, 2.75) is 51.7 Å². The average molecular weight is 507 g/mol. The van der Waals surface area contributed by atoms with Crippen LogP contribution in [0.1, 0.15) is 37.0 Å². The van der Waals surface area contributed by atoms with Gasteiger partial charge in [0.1, 0.15) is 6.04 Å². The van der Waals surface area contributed by atoms with Gasteiger partial charge >= 0.3 is 0 Å². The number of benzene rings is 3. The topological polar surface area (TPSA) is 67.9 Å². The van der Waals surface area contributed by atoms with E-state index in [-0.39, 0.29) is 37.6 Å². The number of carbonyl (C=O) groups excluding carboxylic acids is 2. The molecule has 3 aromatic carbocycles. The van der Waals surface area contributed by atoms with Gasteiger partial charge in [-0.15, -0.1) is 0 Å². The first kappa shape index (κ1) is 25.6. The van der Waals surface area contributed by atoms with E-state index in [2.05, 4.69) is 5.32 Å². The minimum Gasteiger partial charge on any atom is -0.454 e. The monoisotopic (exact) mass is 506 g/mol. The summed E-state index contributed by atoms with van der Waals surface area (Å²) in [4.78, 5) is 28.8. The minimum absolute atomic E-state index is 0.0540. The van der Waals surface area contributed by atoms with Gasteiger partial charge in [-0.05, 0) is 55.2 Å². The highest BCUT2D eigenvalue weighted by atomic mass is 35.5. The molecule has 0 saturated heterocycles. The molecule has 0 spiro atoms. The van der Waals surface area contributed by atoms with Crippen molar-refractivity contribution >= 4 is 23.4 Å². The Morgan fingerprint density at radius 2 is 1.67 bits per heavy atom. The van der Waals surface area contributed by atoms with Gasteiger partial charge in [-0.3, -0.25) is 9.59 Å². The van der Waals surface area contributed by atoms with Gasteiger partial charge in [-0.1, -0.05) is 66.2 Å². The van der Waals surface area contributed by atoms with Crippen LogP contribution < -0.4 is 14.8 Å². The Hall–Kier alpha value is -3.51. The van der Waals surface area contributed by atoms with E-state index in [1.165, 1.54) is 0 Å². The summed E-state index contributed by atoms with van der Waals surface area (Å²) in [6.45, 7) is 4.27. The molecule has 3 aromatic rings. The Balaban J connectivity index is 1.60. The van der Waals surface area contributed by atoms with Crippen LogP contribution in [0.2, 0.25) is 5.02 Å². The van der Waals surface area contributed by atoms with Crippen molar-refractivity contribution in [3.63, 3.8) is 0 Å². The van der Waals surface area contributed by atoms with Crippen LogP contribution in [0.25, 0.3) is 0 Å². The van der Waals surface area contributed by atoms with Gasteiger partial charge in [-0.2, -0.15) is 0 Å². The van der Waals surface area contributed by atoms with Crippen LogP contribution in [0.15, 0.2) is 72.8 Å². The highest BCUT2D eigenvalue weighted by molar-refractivity contribution is 6.31. The van der Waals surface area contributed by atoms with Gasteiger partial charge in [0, 0.05) is 30.5 Å². The molecule has 4 rings (SSSR count). The number of aryl methyl sites for hydroxylation is 1. The molecule has 6 nitrogen and oxygen atoms in total. The molecule has 2 amide bonds. The second-order valence-electron chi connectivity index (χ2n) is 9.17. The average Bonchev–Trinajstić information content (AvgIpc) is 3.34. The number of nitrogens with zero attached hydrogens (tertiary/aromatic N) is 1. The maximum absolute atomic E-state index is 13.7. The number of rotatable bonds is 10. The molecule has 7 heteroatoms. The molecule has 0 radical (unpaired) electrons. The molecule has 36 heavy (non-hydrogen) atoms. The van der Waals surface area contributed by atoms with Gasteiger partial charge in [0.25, 0.3) is 0 Å². The van der Waals surface area contributed by atoms with E-state index in [9.17, 15) is 9.59 Å². The smallest absolute Gasteiger partial charge is 0.243 e. The molecule has 188 valence electrons. The molecule has 0 saturated carbocycles. The number of ether oxygens (including phenoxy) is 2. The third-order valence-corrected chi connectivity index (χ3v) is 6.43. The van der Waals surface area contributed by atoms with Crippen molar-refractivity contribution in [1.82, 2.24) is 10.2 Å². The molecule has 1 aliphatic rings. The summed E-state index contributed by atoms with van der Waals surface area (Å²) in [6, 6.07) is 22.1. The van der Waals surface area contributed by atoms with Crippen LogP contribution in [0.5, 0.6) is 11.5 Å². The summed E-state index contributed by atoms with van der Waals surface area (Å²) >= 11 is 6.46. The van der Waals surface area contributed by atoms with Gasteiger partial charge in [0.2, 0.25) is 18.6 Å². The Morgan fingerprint density at radius 3 is 2.42 bits per heavy atom. The zero-order valence-electron chi connectivity index (χ0n) is 20.6. The van der Waals surface area contributed by atoms with E-state index >= 15 is 0 Å². The van der Waals surface area contributed by atoms with Gasteiger partial charge < -0.3 is 19.7 Å². The highest BCUT2D eigenvalue weighted by Gasteiger charge is 2.31. The fourth-order valence-electron chi connectivity index (χ4n) is 4.24. The highest BCUT2D eigenvalue weighted by Crippen LogP contribution is 2.33. The Kier molecular flexibility index (Phi) is 8.49. The Bertz CT molecular complexity index is 1200. The zero-order chi connectivity index (χ0) is 25.5. The van der Waals surface area contributed by atoms with E-state index < -0.39 is 6.04 Å². The van der Waals surface area contributed by atoms with Gasteiger partial charge in [-0.25, -0.2) is 0 Å². The molecule has 0 aromatic heterocycles. The summed E-state index contributed by atoms with van der Waals surface area (Å²) < 4.78 is 10.9. The predicted octanol–water partition coefficient (Wildman–Crippen LogP) is 5.17. The van der Waals surface area contributed by atoms with Gasteiger partial charge in [0.15, 0.2) is 11.5 Å². The van der Waals surface area contributed by atoms with Crippen LogP contribution in [-0.2, 0) is 29.0 Å². The first-order chi connectivity index (χ1) is 17.4. The van der Waals surface area contributed by atoms with Crippen molar-refractivity contribution < 1.29 is 19.1 Å². The standard InChI is InChI=1S/C29H31ClN2O4/c1-20(2)31-29(34)25(16-21-8-4-3-5-9-21)32(18-23-10-6-7-11-24(23)30)28(33)15-13-22-12-14-26-27(17-22)36-19-35-26/h3-12,14,17,20,25H,13,15-16,18-19H2,1-2H3,(H,31,34)/t25-/m1/s1. The number of amides is 2. The number of hydrogen-bond acceptors (Lipinski definition) is 4. The third kappa shape index (κ3) is 6.58. The lowest BCUT2D eigenvalue weighted by atomic mass is 10.0. The van der Waals surface area contributed by atoms with E-state index in [1.807, 2.05) is 80.6 Å². The van der Waals surface area contributed by atoms with Crippen molar-refractivity contribution in [1.29, 1.82) is 0 Å². The van der Waals surface area contributed by atoms with E-state index in [0.717, 1.165) is 16.7 Å². The van der Waals surface area contributed by atoms with Crippen molar-refractivity contribution in [2.24, 2.45) is 0 Å². The first-order valence-electron chi connectivity index (χ1n) is 12.2. The molecule has 1 atom stereocenters. The summed E-state index contributed by atoms with van der Waals surface area (Å²) in [5, 5.41) is 3.57. The lowest BCUT2D eigenvalue weighted by molar-refractivity contribution is -0.141. The molecule has 1 N–H and O–H groups in total. The van der Waals surface area contributed by atoms with Crippen molar-refractivity contribution in [3.8, 4) is 11.5 Å². The summed E-state index contributed by atoms with van der Waals surface area (Å²) in [5.41, 5.74) is 2.75. The number of carbonyl (C=O) groups is 2. The van der Waals surface area contributed by atoms with Gasteiger partial charge in [0.05, 0.1) is 0 Å². The number of fused-ring (bicyclic) bond motifs is 1. The SMILES string of the molecule is CC(C)NC(=O)[C@@H](Cc1ccccc1)N(Cc1ccccc1Cl)C(=O)CCc1ccc2c(c1)OCO2. The second kappa shape index (κ2) is 12.0. The molecule has 1 aliphatic heterocycles. The molecule has 0 fully saturated rings. The lowest BCUT2D eigenvalue weighted by Crippen LogP contribution is -2.51. The largest absolute Gasteiger partial charge is 0.454 e. The summed E-state index contributed by atoms with van der Waals surface area (Å²) in [7, 11) is 0. The number of hydrogen-bond donors (Lipinski definition) is 1. The van der Waals surface area contributed by atoms with E-state index in [4.69, 9.17) is 21.1 Å². The maximum Gasteiger partial charge on any atom is 0.243 e. The maximum atomic E-state index is 13.7. The van der Waals surface area contributed by atoms with Crippen LogP contribution in [0.3, 0.4) is 0 Å². The van der Waals surface area contributed by atoms with E-state index in [1.54, 1.807) is 11.0 Å². The Labute approximate surface area is 217 Å². The van der Waals surface area contributed by atoms with Crippen molar-refractivity contribution in [2.75, 3.05) is 6.79 Å². The fraction of sp³-hybridized carbons (Fsp3) is 0.310. The van der Waals surface area contributed by atoms with Crippen molar-refractivity contribution in [3.05, 3.63) is 94.5 Å². The van der Waals surface area contributed by atoms with Crippen LogP contribution in [-0.4, -0.2) is 35.6 Å². The second-order valence-corrected chi connectivity index (χ2v) is 9.58. The fourth-order valence-corrected chi connectivity index (χ4v) is 4.43. The van der Waals surface area contributed by atoms with Crippen LogP contribution in [0.4, 0.5) is 0 Å². The molecule has 0 unspecified atom stereocenters. The third-order valence-electron chi connectivity index (χ3n) is 6.07. The summed E-state index contributed by atoms with van der Waals surface area (Å²) in [5.74, 6) is 1.09. The first-order valence-corrected chi connectivity index (χ1v) is 12.5. The molecule has 0 bridgehead atoms. The van der Waals surface area contributed by atoms with E-state index in [0.29, 0.717) is 29.4 Å².